The van der Waals surface area contributed by atoms with Crippen LogP contribution in [-0.4, -0.2) is 43.0 Å². The summed E-state index contributed by atoms with van der Waals surface area (Å²) in [5.74, 6) is -2.14. The van der Waals surface area contributed by atoms with Crippen molar-refractivity contribution in [3.63, 3.8) is 0 Å². The Bertz CT molecular complexity index is 673. The number of aryl methyl sites for hydroxylation is 1. The number of hydrogen-bond donors (Lipinski definition) is 3. The number of rotatable bonds is 7. The topological polar surface area (TPSA) is 114 Å². The van der Waals surface area contributed by atoms with E-state index in [1.165, 1.54) is 0 Å². The maximum atomic E-state index is 12.4. The highest BCUT2D eigenvalue weighted by atomic mass is 16.5. The minimum absolute atomic E-state index is 0.248. The van der Waals surface area contributed by atoms with Crippen molar-refractivity contribution < 1.29 is 23.9 Å². The van der Waals surface area contributed by atoms with Gasteiger partial charge in [0, 0.05) is 12.1 Å². The van der Waals surface area contributed by atoms with Crippen LogP contribution in [0.1, 0.15) is 36.7 Å². The fourth-order valence-electron chi connectivity index (χ4n) is 2.14. The molecule has 0 bridgehead atoms. The Labute approximate surface area is 152 Å². The zero-order chi connectivity index (χ0) is 19.7. The average molecular weight is 363 g/mol. The number of benzene rings is 1. The molecule has 0 aromatic heterocycles. The summed E-state index contributed by atoms with van der Waals surface area (Å²) in [5, 5.41) is 7.04. The average Bonchev–Trinajstić information content (AvgIpc) is 2.57. The maximum Gasteiger partial charge on any atom is 0.329 e. The number of nitrogens with one attached hydrogen (secondary N) is 3. The van der Waals surface area contributed by atoms with Crippen molar-refractivity contribution in [3.05, 3.63) is 35.4 Å². The standard InChI is InChI=1S/C18H25N3O5/c1-5-19-18(25)20-14(22)10-26-17(24)15(11(2)3)21-16(23)13-9-7-6-8-12(13)4/h6-9,11,15H,5,10H2,1-4H3,(H,21,23)(H2,19,20,22,25). The molecule has 1 unspecified atom stereocenters. The number of amides is 4. The molecule has 1 aromatic carbocycles. The van der Waals surface area contributed by atoms with Crippen LogP contribution in [0.5, 0.6) is 0 Å². The van der Waals surface area contributed by atoms with E-state index in [2.05, 4.69) is 10.6 Å². The Morgan fingerprint density at radius 3 is 2.35 bits per heavy atom. The third-order valence-electron chi connectivity index (χ3n) is 3.53. The first kappa shape index (κ1) is 21.1. The zero-order valence-electron chi connectivity index (χ0n) is 15.4. The van der Waals surface area contributed by atoms with E-state index in [-0.39, 0.29) is 5.92 Å². The molecule has 0 radical (unpaired) electrons. The number of carbonyl (C=O) groups excluding carboxylic acids is 4. The van der Waals surface area contributed by atoms with Crippen molar-refractivity contribution in [2.75, 3.05) is 13.2 Å². The first-order chi connectivity index (χ1) is 12.3. The Morgan fingerprint density at radius 2 is 1.77 bits per heavy atom. The van der Waals surface area contributed by atoms with Crippen molar-refractivity contribution in [3.8, 4) is 0 Å². The monoisotopic (exact) mass is 363 g/mol. The van der Waals surface area contributed by atoms with Gasteiger partial charge in [-0.3, -0.25) is 14.9 Å². The lowest BCUT2D eigenvalue weighted by Crippen LogP contribution is -2.47. The van der Waals surface area contributed by atoms with Gasteiger partial charge < -0.3 is 15.4 Å². The lowest BCUT2D eigenvalue weighted by Gasteiger charge is -2.21. The summed E-state index contributed by atoms with van der Waals surface area (Å²) in [6, 6.07) is 5.42. The molecule has 0 saturated heterocycles. The van der Waals surface area contributed by atoms with Gasteiger partial charge >= 0.3 is 12.0 Å². The van der Waals surface area contributed by atoms with E-state index in [4.69, 9.17) is 4.74 Å². The second kappa shape index (κ2) is 10.2. The molecule has 4 amide bonds. The van der Waals surface area contributed by atoms with Crippen molar-refractivity contribution in [1.29, 1.82) is 0 Å². The summed E-state index contributed by atoms with van der Waals surface area (Å²) in [6.45, 7) is 6.74. The summed E-state index contributed by atoms with van der Waals surface area (Å²) >= 11 is 0. The molecule has 0 aliphatic carbocycles. The first-order valence-corrected chi connectivity index (χ1v) is 8.37. The molecular formula is C18H25N3O5. The van der Waals surface area contributed by atoms with E-state index in [1.54, 1.807) is 45.9 Å². The summed E-state index contributed by atoms with van der Waals surface area (Å²) in [6.07, 6.45) is 0. The van der Waals surface area contributed by atoms with E-state index in [0.29, 0.717) is 12.1 Å². The van der Waals surface area contributed by atoms with Crippen LogP contribution < -0.4 is 16.0 Å². The van der Waals surface area contributed by atoms with Crippen molar-refractivity contribution >= 4 is 23.8 Å². The molecule has 3 N–H and O–H groups in total. The van der Waals surface area contributed by atoms with Crippen LogP contribution in [0.4, 0.5) is 4.79 Å². The van der Waals surface area contributed by atoms with Crippen LogP contribution in [0.25, 0.3) is 0 Å². The Hall–Kier alpha value is -2.90. The maximum absolute atomic E-state index is 12.4. The third kappa shape index (κ3) is 6.54. The van der Waals surface area contributed by atoms with Crippen LogP contribution in [0, 0.1) is 12.8 Å². The normalized spacial score (nSPS) is 11.4. The Balaban J connectivity index is 2.65. The van der Waals surface area contributed by atoms with E-state index >= 15 is 0 Å². The zero-order valence-corrected chi connectivity index (χ0v) is 15.4. The lowest BCUT2D eigenvalue weighted by atomic mass is 10.0. The van der Waals surface area contributed by atoms with Gasteiger partial charge in [0.25, 0.3) is 11.8 Å². The van der Waals surface area contributed by atoms with Gasteiger partial charge in [0.05, 0.1) is 0 Å². The molecule has 1 aromatic rings. The minimum atomic E-state index is -0.917. The van der Waals surface area contributed by atoms with Crippen LogP contribution in [0.15, 0.2) is 24.3 Å². The molecular weight excluding hydrogens is 338 g/mol. The predicted octanol–water partition coefficient (Wildman–Crippen LogP) is 1.14. The van der Waals surface area contributed by atoms with Crippen molar-refractivity contribution in [2.45, 2.75) is 33.7 Å². The van der Waals surface area contributed by atoms with Crippen LogP contribution in [0.3, 0.4) is 0 Å². The van der Waals surface area contributed by atoms with Gasteiger partial charge in [0.2, 0.25) is 0 Å². The number of hydrogen-bond acceptors (Lipinski definition) is 5. The highest BCUT2D eigenvalue weighted by Gasteiger charge is 2.27. The van der Waals surface area contributed by atoms with Crippen LogP contribution in [-0.2, 0) is 14.3 Å². The fourth-order valence-corrected chi connectivity index (χ4v) is 2.14. The van der Waals surface area contributed by atoms with E-state index in [1.807, 2.05) is 11.4 Å². The fraction of sp³-hybridized carbons (Fsp3) is 0.444. The molecule has 8 heteroatoms. The molecule has 1 rings (SSSR count). The molecule has 0 aliphatic heterocycles. The van der Waals surface area contributed by atoms with Gasteiger partial charge in [-0.2, -0.15) is 0 Å². The van der Waals surface area contributed by atoms with Gasteiger partial charge in [-0.25, -0.2) is 9.59 Å². The molecule has 0 aliphatic rings. The third-order valence-corrected chi connectivity index (χ3v) is 3.53. The number of esters is 1. The quantitative estimate of drug-likeness (QED) is 0.629. The molecule has 142 valence electrons. The highest BCUT2D eigenvalue weighted by Crippen LogP contribution is 2.10. The van der Waals surface area contributed by atoms with Gasteiger partial charge in [0.1, 0.15) is 6.04 Å². The number of imide groups is 1. The van der Waals surface area contributed by atoms with Crippen molar-refractivity contribution in [1.82, 2.24) is 16.0 Å². The van der Waals surface area contributed by atoms with Gasteiger partial charge in [-0.05, 0) is 31.4 Å². The molecule has 0 spiro atoms. The summed E-state index contributed by atoms with van der Waals surface area (Å²) in [7, 11) is 0. The predicted molar refractivity (Wildman–Crippen MR) is 95.4 cm³/mol. The van der Waals surface area contributed by atoms with Gasteiger partial charge in [0.15, 0.2) is 6.61 Å². The van der Waals surface area contributed by atoms with Gasteiger partial charge in [-0.15, -0.1) is 0 Å². The van der Waals surface area contributed by atoms with Crippen LogP contribution >= 0.6 is 0 Å². The molecule has 26 heavy (non-hydrogen) atoms. The van der Waals surface area contributed by atoms with Gasteiger partial charge in [-0.1, -0.05) is 32.0 Å². The molecule has 0 fully saturated rings. The smallest absolute Gasteiger partial charge is 0.329 e. The number of carbonyl (C=O) groups is 4. The second-order valence-electron chi connectivity index (χ2n) is 6.03. The Morgan fingerprint density at radius 1 is 1.12 bits per heavy atom. The van der Waals surface area contributed by atoms with Crippen LogP contribution in [0.2, 0.25) is 0 Å². The van der Waals surface area contributed by atoms with Crippen molar-refractivity contribution in [2.24, 2.45) is 5.92 Å². The summed E-state index contributed by atoms with van der Waals surface area (Å²) in [5.41, 5.74) is 1.24. The number of urea groups is 1. The SMILES string of the molecule is CCNC(=O)NC(=O)COC(=O)C(NC(=O)c1ccccc1C)C(C)C. The lowest BCUT2D eigenvalue weighted by molar-refractivity contribution is -0.151. The molecule has 8 nitrogen and oxygen atoms in total. The van der Waals surface area contributed by atoms with E-state index in [0.717, 1.165) is 5.56 Å². The minimum Gasteiger partial charge on any atom is -0.454 e. The van der Waals surface area contributed by atoms with E-state index in [9.17, 15) is 19.2 Å². The molecule has 0 saturated carbocycles. The second-order valence-corrected chi connectivity index (χ2v) is 6.03. The summed E-state index contributed by atoms with van der Waals surface area (Å²) in [4.78, 5) is 47.4. The largest absolute Gasteiger partial charge is 0.454 e. The molecule has 0 heterocycles. The Kier molecular flexibility index (Phi) is 8.27. The molecule has 1 atom stereocenters. The summed E-state index contributed by atoms with van der Waals surface area (Å²) < 4.78 is 4.93. The number of ether oxygens (including phenoxy) is 1. The highest BCUT2D eigenvalue weighted by molar-refractivity contribution is 5.98. The van der Waals surface area contributed by atoms with E-state index < -0.39 is 36.5 Å². The first-order valence-electron chi connectivity index (χ1n) is 8.37.